The summed E-state index contributed by atoms with van der Waals surface area (Å²) in [6.07, 6.45) is 3.35. The molecule has 0 unspecified atom stereocenters. The van der Waals surface area contributed by atoms with Gasteiger partial charge in [-0.3, -0.25) is 4.79 Å². The molecule has 7 heteroatoms. The topological polar surface area (TPSA) is 95.9 Å². The van der Waals surface area contributed by atoms with Gasteiger partial charge in [0, 0.05) is 25.1 Å². The van der Waals surface area contributed by atoms with Gasteiger partial charge in [-0.25, -0.2) is 9.59 Å². The molecule has 2 bridgehead atoms. The number of alkyl carbamates (subject to hydrolysis) is 1. The summed E-state index contributed by atoms with van der Waals surface area (Å²) in [5.41, 5.74) is 3.58. The van der Waals surface area contributed by atoms with E-state index < -0.39 is 17.6 Å². The highest BCUT2D eigenvalue weighted by Gasteiger charge is 2.62. The minimum atomic E-state index is -1.04. The Bertz CT molecular complexity index is 1070. The summed E-state index contributed by atoms with van der Waals surface area (Å²) in [5.74, 6) is -1.01. The third kappa shape index (κ3) is 3.25. The summed E-state index contributed by atoms with van der Waals surface area (Å²) in [6, 6.07) is 16.2. The number of carboxylic acid groups (broad SMARTS) is 1. The van der Waals surface area contributed by atoms with Crippen molar-refractivity contribution in [3.8, 4) is 11.1 Å². The van der Waals surface area contributed by atoms with Gasteiger partial charge in [0.1, 0.15) is 12.1 Å². The van der Waals surface area contributed by atoms with E-state index in [0.29, 0.717) is 19.4 Å². The van der Waals surface area contributed by atoms with Crippen LogP contribution in [0.1, 0.15) is 29.9 Å². The van der Waals surface area contributed by atoms with E-state index in [1.54, 1.807) is 0 Å². The summed E-state index contributed by atoms with van der Waals surface area (Å²) in [7, 11) is 0. The molecule has 2 N–H and O–H groups in total. The molecule has 4 aliphatic rings. The van der Waals surface area contributed by atoms with E-state index in [2.05, 4.69) is 29.6 Å². The number of rotatable bonds is 6. The lowest BCUT2D eigenvalue weighted by Crippen LogP contribution is -2.54. The fraction of sp³-hybridized carbons (Fsp3) is 0.320. The van der Waals surface area contributed by atoms with Gasteiger partial charge in [0.25, 0.3) is 0 Å². The Labute approximate surface area is 185 Å². The molecule has 0 aromatic heterocycles. The van der Waals surface area contributed by atoms with Crippen molar-refractivity contribution in [2.24, 2.45) is 5.92 Å². The molecule has 2 aromatic carbocycles. The molecule has 2 saturated heterocycles. The summed E-state index contributed by atoms with van der Waals surface area (Å²) < 4.78 is 5.46. The lowest BCUT2D eigenvalue weighted by Gasteiger charge is -2.37. The molecule has 0 spiro atoms. The maximum Gasteiger partial charge on any atom is 0.407 e. The van der Waals surface area contributed by atoms with Crippen molar-refractivity contribution in [3.05, 3.63) is 71.8 Å². The van der Waals surface area contributed by atoms with Crippen molar-refractivity contribution in [2.75, 3.05) is 19.7 Å². The van der Waals surface area contributed by atoms with E-state index in [-0.39, 0.29) is 30.9 Å². The van der Waals surface area contributed by atoms with Gasteiger partial charge in [-0.15, -0.1) is 0 Å². The standard InChI is InChI=1S/C25H24N2O5/c28-22(27-14-16-12-25(27,13-16)23(29)30)10-5-11-26-24(31)32-15-21-19-8-3-1-6-17(19)18-7-2-4-9-20(18)21/h1-10,16,21H,11-15H2,(H,26,31)(H,29,30)/b10-5+. The van der Waals surface area contributed by atoms with Gasteiger partial charge in [0.15, 0.2) is 0 Å². The first-order valence-corrected chi connectivity index (χ1v) is 10.8. The quantitative estimate of drug-likeness (QED) is 0.684. The van der Waals surface area contributed by atoms with Gasteiger partial charge in [-0.1, -0.05) is 54.6 Å². The maximum absolute atomic E-state index is 12.4. The van der Waals surface area contributed by atoms with Crippen molar-refractivity contribution < 1.29 is 24.2 Å². The molecule has 1 saturated carbocycles. The number of nitrogens with zero attached hydrogens (tertiary/aromatic N) is 1. The molecular formula is C25H24N2O5. The van der Waals surface area contributed by atoms with Crippen molar-refractivity contribution in [2.45, 2.75) is 24.3 Å². The number of carbonyl (C=O) groups excluding carboxylic acids is 2. The summed E-state index contributed by atoms with van der Waals surface area (Å²) in [6.45, 7) is 0.827. The largest absolute Gasteiger partial charge is 0.479 e. The zero-order valence-corrected chi connectivity index (χ0v) is 17.5. The predicted octanol–water partition coefficient (Wildman–Crippen LogP) is 3.16. The lowest BCUT2D eigenvalue weighted by atomic mass is 9.73. The average molecular weight is 432 g/mol. The first-order chi connectivity index (χ1) is 15.5. The maximum atomic E-state index is 12.4. The minimum absolute atomic E-state index is 0.0147. The van der Waals surface area contributed by atoms with Crippen LogP contribution in [-0.4, -0.2) is 53.2 Å². The van der Waals surface area contributed by atoms with Crippen molar-refractivity contribution in [3.63, 3.8) is 0 Å². The van der Waals surface area contributed by atoms with E-state index in [9.17, 15) is 19.5 Å². The number of carbonyl (C=O) groups is 3. The summed E-state index contributed by atoms with van der Waals surface area (Å²) in [4.78, 5) is 37.6. The number of benzene rings is 2. The normalized spacial score (nSPS) is 22.9. The highest BCUT2D eigenvalue weighted by atomic mass is 16.5. The molecular weight excluding hydrogens is 408 g/mol. The average Bonchev–Trinajstić information content (AvgIpc) is 3.44. The van der Waals surface area contributed by atoms with Gasteiger partial charge >= 0.3 is 12.1 Å². The van der Waals surface area contributed by atoms with E-state index in [1.807, 2.05) is 24.3 Å². The smallest absolute Gasteiger partial charge is 0.407 e. The van der Waals surface area contributed by atoms with Crippen molar-refractivity contribution in [1.29, 1.82) is 0 Å². The van der Waals surface area contributed by atoms with Crippen LogP contribution in [0, 0.1) is 5.92 Å². The van der Waals surface area contributed by atoms with Crippen LogP contribution < -0.4 is 5.32 Å². The number of aliphatic carboxylic acids is 1. The van der Waals surface area contributed by atoms with Gasteiger partial charge in [0.05, 0.1) is 0 Å². The van der Waals surface area contributed by atoms with Crippen LogP contribution in [0.25, 0.3) is 11.1 Å². The third-order valence-electron chi connectivity index (χ3n) is 6.84. The number of ether oxygens (including phenoxy) is 1. The molecule has 2 aliphatic heterocycles. The van der Waals surface area contributed by atoms with Crippen LogP contribution in [0.5, 0.6) is 0 Å². The fourth-order valence-electron chi connectivity index (χ4n) is 5.31. The van der Waals surface area contributed by atoms with E-state index >= 15 is 0 Å². The van der Waals surface area contributed by atoms with Crippen LogP contribution in [0.2, 0.25) is 0 Å². The summed E-state index contributed by atoms with van der Waals surface area (Å²) in [5, 5.41) is 12.1. The Morgan fingerprint density at radius 2 is 1.69 bits per heavy atom. The Balaban J connectivity index is 1.13. The van der Waals surface area contributed by atoms with Crippen LogP contribution in [0.4, 0.5) is 4.79 Å². The monoisotopic (exact) mass is 432 g/mol. The van der Waals surface area contributed by atoms with E-state index in [0.717, 1.165) is 22.3 Å². The lowest BCUT2D eigenvalue weighted by molar-refractivity contribution is -0.157. The van der Waals surface area contributed by atoms with E-state index in [4.69, 9.17) is 4.74 Å². The SMILES string of the molecule is O=C(NC/C=C/C(=O)N1CC2CC1(C(=O)O)C2)OCC1c2ccccc2-c2ccccc21. The van der Waals surface area contributed by atoms with Gasteiger partial charge in [0.2, 0.25) is 5.91 Å². The first kappa shape index (κ1) is 20.3. The van der Waals surface area contributed by atoms with Gasteiger partial charge in [-0.05, 0) is 41.0 Å². The Hall–Kier alpha value is -3.61. The van der Waals surface area contributed by atoms with Crippen molar-refractivity contribution >= 4 is 18.0 Å². The molecule has 164 valence electrons. The number of fused-ring (bicyclic) bond motifs is 4. The zero-order valence-electron chi connectivity index (χ0n) is 17.5. The van der Waals surface area contributed by atoms with Gasteiger partial charge in [-0.2, -0.15) is 0 Å². The number of nitrogens with one attached hydrogen (secondary N) is 1. The van der Waals surface area contributed by atoms with E-state index in [1.165, 1.54) is 17.1 Å². The molecule has 2 aliphatic carbocycles. The molecule has 6 rings (SSSR count). The third-order valence-corrected chi connectivity index (χ3v) is 6.84. The number of amides is 2. The Kier molecular flexibility index (Phi) is 4.96. The Morgan fingerprint density at radius 3 is 2.31 bits per heavy atom. The minimum Gasteiger partial charge on any atom is -0.479 e. The highest BCUT2D eigenvalue weighted by Crippen LogP contribution is 2.50. The molecule has 0 atom stereocenters. The van der Waals surface area contributed by atoms with Crippen LogP contribution in [-0.2, 0) is 14.3 Å². The predicted molar refractivity (Wildman–Crippen MR) is 117 cm³/mol. The molecule has 7 nitrogen and oxygen atoms in total. The molecule has 2 aromatic rings. The molecule has 0 radical (unpaired) electrons. The fourth-order valence-corrected chi connectivity index (χ4v) is 5.31. The van der Waals surface area contributed by atoms with Gasteiger partial charge < -0.3 is 20.1 Å². The van der Waals surface area contributed by atoms with Crippen LogP contribution >= 0.6 is 0 Å². The number of hydrogen-bond donors (Lipinski definition) is 2. The van der Waals surface area contributed by atoms with Crippen LogP contribution in [0.15, 0.2) is 60.7 Å². The molecule has 2 amide bonds. The Morgan fingerprint density at radius 1 is 1.06 bits per heavy atom. The molecule has 3 fully saturated rings. The second-order valence-electron chi connectivity index (χ2n) is 8.67. The molecule has 32 heavy (non-hydrogen) atoms. The first-order valence-electron chi connectivity index (χ1n) is 10.8. The summed E-state index contributed by atoms with van der Waals surface area (Å²) >= 11 is 0. The van der Waals surface area contributed by atoms with Crippen LogP contribution in [0.3, 0.4) is 0 Å². The number of carboxylic acids is 1. The second-order valence-corrected chi connectivity index (χ2v) is 8.67. The second kappa shape index (κ2) is 7.82. The molecule has 2 heterocycles. The highest BCUT2D eigenvalue weighted by molar-refractivity contribution is 5.95. The van der Waals surface area contributed by atoms with Crippen molar-refractivity contribution in [1.82, 2.24) is 10.2 Å². The zero-order chi connectivity index (χ0) is 22.3. The number of hydrogen-bond acceptors (Lipinski definition) is 4.